The van der Waals surface area contributed by atoms with E-state index in [-0.39, 0.29) is 6.04 Å². The van der Waals surface area contributed by atoms with Crippen molar-refractivity contribution < 1.29 is 4.79 Å². The zero-order valence-corrected chi connectivity index (χ0v) is 11.9. The van der Waals surface area contributed by atoms with E-state index < -0.39 is 0 Å². The fourth-order valence-corrected chi connectivity index (χ4v) is 3.41. The summed E-state index contributed by atoms with van der Waals surface area (Å²) in [7, 11) is 0. The van der Waals surface area contributed by atoms with Crippen molar-refractivity contribution in [3.8, 4) is 0 Å². The average Bonchev–Trinajstić information content (AvgIpc) is 3.01. The molecule has 1 N–H and O–H groups in total. The number of carbonyl (C=O) groups excluding carboxylic acids is 1. The zero-order chi connectivity index (χ0) is 13.8. The van der Waals surface area contributed by atoms with Crippen LogP contribution in [-0.4, -0.2) is 28.9 Å². The Bertz CT molecular complexity index is 440. The molecule has 1 aliphatic heterocycles. The van der Waals surface area contributed by atoms with Crippen LogP contribution in [0.25, 0.3) is 0 Å². The lowest BCUT2D eigenvalue weighted by molar-refractivity contribution is -0.121. The van der Waals surface area contributed by atoms with E-state index in [2.05, 4.69) is 22.4 Å². The molecule has 1 aliphatic carbocycles. The van der Waals surface area contributed by atoms with Crippen LogP contribution in [0.2, 0.25) is 0 Å². The number of nitrogens with one attached hydrogen (secondary N) is 1. The predicted octanol–water partition coefficient (Wildman–Crippen LogP) is 3.12. The van der Waals surface area contributed by atoms with Crippen molar-refractivity contribution in [2.24, 2.45) is 0 Å². The van der Waals surface area contributed by atoms with Crippen LogP contribution in [0.4, 0.5) is 5.82 Å². The van der Waals surface area contributed by atoms with Crippen LogP contribution in [0.1, 0.15) is 56.6 Å². The van der Waals surface area contributed by atoms with Gasteiger partial charge in [-0.05, 0) is 43.7 Å². The van der Waals surface area contributed by atoms with E-state index in [0.29, 0.717) is 6.04 Å². The molecule has 0 aromatic carbocycles. The maximum atomic E-state index is 11.1. The Kier molecular flexibility index (Phi) is 4.19. The van der Waals surface area contributed by atoms with Crippen molar-refractivity contribution in [3.63, 3.8) is 0 Å². The Morgan fingerprint density at radius 2 is 1.95 bits per heavy atom. The van der Waals surface area contributed by atoms with Gasteiger partial charge < -0.3 is 10.2 Å². The maximum absolute atomic E-state index is 11.1. The Morgan fingerprint density at radius 3 is 2.65 bits per heavy atom. The molecule has 0 radical (unpaired) electrons. The van der Waals surface area contributed by atoms with Gasteiger partial charge in [0.15, 0.2) is 0 Å². The van der Waals surface area contributed by atoms with Crippen molar-refractivity contribution >= 4 is 12.2 Å². The van der Waals surface area contributed by atoms with Gasteiger partial charge in [-0.2, -0.15) is 0 Å². The molecule has 0 spiro atoms. The van der Waals surface area contributed by atoms with Crippen molar-refractivity contribution in [2.45, 2.75) is 57.0 Å². The lowest BCUT2D eigenvalue weighted by Gasteiger charge is -2.32. The molecule has 4 nitrogen and oxygen atoms in total. The largest absolute Gasteiger partial charge is 0.367 e. The Balaban J connectivity index is 1.66. The standard InChI is InChI=1S/C16H23N3O/c20-12-19-10-4-3-7-15(19)13-8-9-16(17-11-13)18-14-5-1-2-6-14/h8-9,11-12,14-15H,1-7,10H2,(H,17,18)/t15-/m1/s1. The third kappa shape index (κ3) is 2.94. The van der Waals surface area contributed by atoms with Crippen LogP contribution in [-0.2, 0) is 4.79 Å². The summed E-state index contributed by atoms with van der Waals surface area (Å²) in [6.45, 7) is 0.871. The topological polar surface area (TPSA) is 45.2 Å². The van der Waals surface area contributed by atoms with Gasteiger partial charge in [-0.25, -0.2) is 4.98 Å². The monoisotopic (exact) mass is 273 g/mol. The highest BCUT2D eigenvalue weighted by Crippen LogP contribution is 2.30. The zero-order valence-electron chi connectivity index (χ0n) is 11.9. The van der Waals surface area contributed by atoms with Crippen LogP contribution in [0.3, 0.4) is 0 Å². The highest BCUT2D eigenvalue weighted by Gasteiger charge is 2.23. The van der Waals surface area contributed by atoms with E-state index in [9.17, 15) is 4.79 Å². The van der Waals surface area contributed by atoms with Gasteiger partial charge in [0.2, 0.25) is 6.41 Å². The second-order valence-corrected chi connectivity index (χ2v) is 5.96. The first-order chi connectivity index (χ1) is 9.86. The molecule has 2 fully saturated rings. The number of rotatable bonds is 4. The molecule has 0 bridgehead atoms. The number of nitrogens with zero attached hydrogens (tertiary/aromatic N) is 2. The number of carbonyl (C=O) groups is 1. The maximum Gasteiger partial charge on any atom is 0.210 e. The molecule has 1 aromatic rings. The van der Waals surface area contributed by atoms with Crippen LogP contribution in [0.15, 0.2) is 18.3 Å². The summed E-state index contributed by atoms with van der Waals surface area (Å²) in [5, 5.41) is 3.50. The number of anilines is 1. The van der Waals surface area contributed by atoms with E-state index in [1.165, 1.54) is 32.1 Å². The summed E-state index contributed by atoms with van der Waals surface area (Å²) < 4.78 is 0. The van der Waals surface area contributed by atoms with Gasteiger partial charge in [0.1, 0.15) is 5.82 Å². The van der Waals surface area contributed by atoms with Gasteiger partial charge in [0.25, 0.3) is 0 Å². The number of hydrogen-bond donors (Lipinski definition) is 1. The number of hydrogen-bond acceptors (Lipinski definition) is 3. The van der Waals surface area contributed by atoms with Crippen LogP contribution in [0.5, 0.6) is 0 Å². The molecule has 1 saturated heterocycles. The SMILES string of the molecule is O=CN1CCCC[C@@H]1c1ccc(NC2CCCC2)nc1. The van der Waals surface area contributed by atoms with E-state index in [1.54, 1.807) is 0 Å². The first-order valence-electron chi connectivity index (χ1n) is 7.80. The summed E-state index contributed by atoms with van der Waals surface area (Å²) in [6.07, 6.45) is 11.4. The molecule has 2 aliphatic rings. The quantitative estimate of drug-likeness (QED) is 0.857. The second kappa shape index (κ2) is 6.25. The van der Waals surface area contributed by atoms with Crippen LogP contribution < -0.4 is 5.32 Å². The number of likely N-dealkylation sites (tertiary alicyclic amines) is 1. The minimum Gasteiger partial charge on any atom is -0.367 e. The summed E-state index contributed by atoms with van der Waals surface area (Å²) in [6, 6.07) is 4.99. The molecule has 1 amide bonds. The number of amides is 1. The second-order valence-electron chi connectivity index (χ2n) is 5.96. The van der Waals surface area contributed by atoms with Crippen LogP contribution in [0, 0.1) is 0 Å². The number of pyridine rings is 1. The summed E-state index contributed by atoms with van der Waals surface area (Å²) in [5.74, 6) is 0.967. The van der Waals surface area contributed by atoms with Crippen LogP contribution >= 0.6 is 0 Å². The minimum atomic E-state index is 0.217. The lowest BCUT2D eigenvalue weighted by atomic mass is 9.97. The van der Waals surface area contributed by atoms with Gasteiger partial charge >= 0.3 is 0 Å². The Hall–Kier alpha value is -1.58. The molecule has 3 rings (SSSR count). The lowest BCUT2D eigenvalue weighted by Crippen LogP contribution is -2.32. The smallest absolute Gasteiger partial charge is 0.210 e. The van der Waals surface area contributed by atoms with E-state index in [1.807, 2.05) is 11.1 Å². The normalized spacial score (nSPS) is 23.8. The molecule has 4 heteroatoms. The number of piperidine rings is 1. The van der Waals surface area contributed by atoms with E-state index in [4.69, 9.17) is 0 Å². The predicted molar refractivity (Wildman–Crippen MR) is 79.5 cm³/mol. The molecule has 108 valence electrons. The summed E-state index contributed by atoms with van der Waals surface area (Å²) in [4.78, 5) is 17.6. The van der Waals surface area contributed by atoms with Gasteiger partial charge in [-0.3, -0.25) is 4.79 Å². The van der Waals surface area contributed by atoms with Gasteiger partial charge in [0, 0.05) is 18.8 Å². The molecule has 1 aromatic heterocycles. The number of aromatic nitrogens is 1. The fraction of sp³-hybridized carbons (Fsp3) is 0.625. The molecular formula is C16H23N3O. The minimum absolute atomic E-state index is 0.217. The van der Waals surface area contributed by atoms with Gasteiger partial charge in [0.05, 0.1) is 6.04 Å². The summed E-state index contributed by atoms with van der Waals surface area (Å²) in [5.41, 5.74) is 1.16. The molecule has 1 saturated carbocycles. The Labute approximate surface area is 120 Å². The first kappa shape index (κ1) is 13.4. The highest BCUT2D eigenvalue weighted by atomic mass is 16.1. The van der Waals surface area contributed by atoms with E-state index >= 15 is 0 Å². The molecular weight excluding hydrogens is 250 g/mol. The Morgan fingerprint density at radius 1 is 1.15 bits per heavy atom. The van der Waals surface area contributed by atoms with Crippen molar-refractivity contribution in [2.75, 3.05) is 11.9 Å². The molecule has 20 heavy (non-hydrogen) atoms. The summed E-state index contributed by atoms with van der Waals surface area (Å²) >= 11 is 0. The average molecular weight is 273 g/mol. The fourth-order valence-electron chi connectivity index (χ4n) is 3.41. The van der Waals surface area contributed by atoms with Gasteiger partial charge in [-0.1, -0.05) is 18.9 Å². The molecule has 2 heterocycles. The van der Waals surface area contributed by atoms with Crippen molar-refractivity contribution in [3.05, 3.63) is 23.9 Å². The third-order valence-corrected chi connectivity index (χ3v) is 4.56. The first-order valence-corrected chi connectivity index (χ1v) is 7.80. The molecule has 1 atom stereocenters. The van der Waals surface area contributed by atoms with E-state index in [0.717, 1.165) is 37.2 Å². The highest BCUT2D eigenvalue weighted by molar-refractivity contribution is 5.49. The van der Waals surface area contributed by atoms with Crippen molar-refractivity contribution in [1.82, 2.24) is 9.88 Å². The van der Waals surface area contributed by atoms with Crippen molar-refractivity contribution in [1.29, 1.82) is 0 Å². The van der Waals surface area contributed by atoms with Gasteiger partial charge in [-0.15, -0.1) is 0 Å². The third-order valence-electron chi connectivity index (χ3n) is 4.56. The molecule has 0 unspecified atom stereocenters.